The molecule has 2 heterocycles. The van der Waals surface area contributed by atoms with E-state index in [0.29, 0.717) is 0 Å². The first kappa shape index (κ1) is 41.5. The lowest BCUT2D eigenvalue weighted by molar-refractivity contribution is 1.20. The van der Waals surface area contributed by atoms with Crippen LogP contribution in [0.15, 0.2) is 243 Å². The van der Waals surface area contributed by atoms with E-state index in [2.05, 4.69) is 288 Å². The van der Waals surface area contributed by atoms with Gasteiger partial charge in [-0.05, 0) is 126 Å². The molecule has 0 atom stereocenters. The minimum atomic E-state index is 1.17. The maximum Gasteiger partial charge on any atom is 0.0547 e. The molecule has 0 N–H and O–H groups in total. The second kappa shape index (κ2) is 17.2. The summed E-state index contributed by atoms with van der Waals surface area (Å²) in [6, 6.07) is 88.6. The molecule has 336 valence electrons. The molecule has 0 amide bonds. The Bertz CT molecular complexity index is 4270. The average Bonchev–Trinajstić information content (AvgIpc) is 3.95. The summed E-state index contributed by atoms with van der Waals surface area (Å²) in [5.41, 5.74) is 14.3. The zero-order valence-corrected chi connectivity index (χ0v) is 39.5. The third-order valence-corrected chi connectivity index (χ3v) is 14.6. The predicted octanol–water partition coefficient (Wildman–Crippen LogP) is 19.0. The number of aromatic nitrogens is 2. The predicted molar refractivity (Wildman–Crippen MR) is 311 cm³/mol. The minimum Gasteiger partial charge on any atom is -0.309 e. The van der Waals surface area contributed by atoms with Gasteiger partial charge in [0.15, 0.2) is 0 Å². The molecule has 0 bridgehead atoms. The van der Waals surface area contributed by atoms with E-state index in [4.69, 9.17) is 0 Å². The van der Waals surface area contributed by atoms with Crippen LogP contribution in [0.2, 0.25) is 0 Å². The Morgan fingerprint density at radius 3 is 0.875 bits per heavy atom. The summed E-state index contributed by atoms with van der Waals surface area (Å²) in [7, 11) is 0. The highest BCUT2D eigenvalue weighted by atomic mass is 15.0. The van der Waals surface area contributed by atoms with Crippen molar-refractivity contribution in [2.45, 2.75) is 0 Å². The van der Waals surface area contributed by atoms with Gasteiger partial charge in [0.05, 0.1) is 33.4 Å². The Balaban J connectivity index is 0.693. The SMILES string of the molecule is C(=Cc1ccc2cc(C=Cc3ccc4c5ccccc5n(-c5cccc6ccccc56)c4c3)ccc2c1)c1ccc2cc(C=Cc3ccc4c5ccccc5n(-c5cccc6ccccc56)c4c3)ccc2c1. The molecule has 0 unspecified atom stereocenters. The van der Waals surface area contributed by atoms with Gasteiger partial charge in [0.25, 0.3) is 0 Å². The van der Waals surface area contributed by atoms with Gasteiger partial charge in [0.1, 0.15) is 0 Å². The molecule has 0 aliphatic rings. The summed E-state index contributed by atoms with van der Waals surface area (Å²) < 4.78 is 4.86. The minimum absolute atomic E-state index is 1.17. The van der Waals surface area contributed by atoms with Crippen LogP contribution in [-0.2, 0) is 0 Å². The third kappa shape index (κ3) is 7.28. The Kier molecular flexibility index (Phi) is 9.89. The number of para-hydroxylation sites is 2. The summed E-state index contributed by atoms with van der Waals surface area (Å²) in [6.07, 6.45) is 13.4. The van der Waals surface area contributed by atoms with Crippen molar-refractivity contribution in [2.24, 2.45) is 0 Å². The second-order valence-electron chi connectivity index (χ2n) is 19.0. The van der Waals surface area contributed by atoms with Crippen molar-refractivity contribution in [3.63, 3.8) is 0 Å². The summed E-state index contributed by atoms with van der Waals surface area (Å²) in [4.78, 5) is 0. The zero-order chi connectivity index (χ0) is 47.5. The molecule has 14 aromatic rings. The first-order chi connectivity index (χ1) is 35.6. The maximum absolute atomic E-state index is 2.43. The lowest BCUT2D eigenvalue weighted by Gasteiger charge is -2.11. The molecule has 0 aliphatic heterocycles. The largest absolute Gasteiger partial charge is 0.309 e. The van der Waals surface area contributed by atoms with Crippen molar-refractivity contribution in [2.75, 3.05) is 0 Å². The van der Waals surface area contributed by atoms with Gasteiger partial charge in [-0.3, -0.25) is 0 Å². The molecule has 0 aliphatic carbocycles. The van der Waals surface area contributed by atoms with Gasteiger partial charge >= 0.3 is 0 Å². The van der Waals surface area contributed by atoms with Crippen LogP contribution >= 0.6 is 0 Å². The van der Waals surface area contributed by atoms with Gasteiger partial charge in [-0.1, -0.05) is 218 Å². The monoisotopic (exact) mass is 914 g/mol. The van der Waals surface area contributed by atoms with Crippen molar-refractivity contribution in [1.29, 1.82) is 0 Å². The van der Waals surface area contributed by atoms with Crippen molar-refractivity contribution in [3.05, 3.63) is 276 Å². The van der Waals surface area contributed by atoms with Gasteiger partial charge < -0.3 is 9.13 Å². The molecule has 0 spiro atoms. The Labute approximate surface area is 417 Å². The molecule has 0 radical (unpaired) electrons. The van der Waals surface area contributed by atoms with Crippen molar-refractivity contribution < 1.29 is 0 Å². The summed E-state index contributed by atoms with van der Waals surface area (Å²) >= 11 is 0. The van der Waals surface area contributed by atoms with E-state index in [-0.39, 0.29) is 0 Å². The summed E-state index contributed by atoms with van der Waals surface area (Å²) in [5, 5.41) is 14.9. The van der Waals surface area contributed by atoms with E-state index in [1.165, 1.54) is 131 Å². The van der Waals surface area contributed by atoms with Gasteiger partial charge in [0, 0.05) is 32.3 Å². The first-order valence-electron chi connectivity index (χ1n) is 24.8. The normalized spacial score (nSPS) is 12.3. The van der Waals surface area contributed by atoms with E-state index in [1.807, 2.05) is 0 Å². The average molecular weight is 915 g/mol. The summed E-state index contributed by atoms with van der Waals surface area (Å²) in [5.74, 6) is 0. The summed E-state index contributed by atoms with van der Waals surface area (Å²) in [6.45, 7) is 0. The third-order valence-electron chi connectivity index (χ3n) is 14.6. The molecule has 14 rings (SSSR count). The number of fused-ring (bicyclic) bond motifs is 10. The maximum atomic E-state index is 2.43. The Morgan fingerprint density at radius 1 is 0.194 bits per heavy atom. The first-order valence-corrected chi connectivity index (χ1v) is 24.8. The molecular weight excluding hydrogens is 869 g/mol. The smallest absolute Gasteiger partial charge is 0.0547 e. The van der Waals surface area contributed by atoms with Crippen molar-refractivity contribution >= 4 is 123 Å². The van der Waals surface area contributed by atoms with Crippen LogP contribution in [0.1, 0.15) is 33.4 Å². The Morgan fingerprint density at radius 2 is 0.486 bits per heavy atom. The highest BCUT2D eigenvalue weighted by Crippen LogP contribution is 2.38. The lowest BCUT2D eigenvalue weighted by Crippen LogP contribution is -1.95. The molecule has 2 heteroatoms. The molecule has 2 nitrogen and oxygen atoms in total. The molecule has 12 aromatic carbocycles. The van der Waals surface area contributed by atoms with Crippen LogP contribution in [0.25, 0.3) is 135 Å². The fourth-order valence-corrected chi connectivity index (χ4v) is 11.1. The fourth-order valence-electron chi connectivity index (χ4n) is 11.1. The van der Waals surface area contributed by atoms with Crippen LogP contribution < -0.4 is 0 Å². The van der Waals surface area contributed by atoms with Crippen LogP contribution in [0.3, 0.4) is 0 Å². The van der Waals surface area contributed by atoms with E-state index in [0.717, 1.165) is 0 Å². The highest BCUT2D eigenvalue weighted by molar-refractivity contribution is 6.12. The highest BCUT2D eigenvalue weighted by Gasteiger charge is 2.16. The number of benzene rings is 12. The quantitative estimate of drug-likeness (QED) is 0.134. The number of nitrogens with zero attached hydrogens (tertiary/aromatic N) is 2. The van der Waals surface area contributed by atoms with Gasteiger partial charge in [-0.2, -0.15) is 0 Å². The van der Waals surface area contributed by atoms with Gasteiger partial charge in [0.2, 0.25) is 0 Å². The zero-order valence-electron chi connectivity index (χ0n) is 39.5. The second-order valence-corrected chi connectivity index (χ2v) is 19.0. The molecular formula is C70H46N2. The topological polar surface area (TPSA) is 9.86 Å². The van der Waals surface area contributed by atoms with Crippen LogP contribution in [-0.4, -0.2) is 9.13 Å². The van der Waals surface area contributed by atoms with E-state index >= 15 is 0 Å². The lowest BCUT2D eigenvalue weighted by atomic mass is 10.0. The van der Waals surface area contributed by atoms with E-state index in [9.17, 15) is 0 Å². The van der Waals surface area contributed by atoms with Crippen molar-refractivity contribution in [3.8, 4) is 11.4 Å². The number of hydrogen-bond donors (Lipinski definition) is 0. The van der Waals surface area contributed by atoms with Crippen LogP contribution in [0.4, 0.5) is 0 Å². The Hall–Kier alpha value is -9.50. The van der Waals surface area contributed by atoms with E-state index in [1.54, 1.807) is 0 Å². The van der Waals surface area contributed by atoms with Gasteiger partial charge in [-0.15, -0.1) is 0 Å². The molecule has 0 saturated carbocycles. The molecule has 72 heavy (non-hydrogen) atoms. The molecule has 2 aromatic heterocycles. The molecule has 0 fully saturated rings. The number of rotatable bonds is 8. The fraction of sp³-hybridized carbons (Fsp3) is 0. The number of hydrogen-bond acceptors (Lipinski definition) is 0. The van der Waals surface area contributed by atoms with Crippen LogP contribution in [0, 0.1) is 0 Å². The van der Waals surface area contributed by atoms with Crippen LogP contribution in [0.5, 0.6) is 0 Å². The van der Waals surface area contributed by atoms with E-state index < -0.39 is 0 Å². The van der Waals surface area contributed by atoms with Gasteiger partial charge in [-0.25, -0.2) is 0 Å². The standard InChI is InChI=1S/C70H46N2/c1-3-15-59-53(11-1)13-9-21-65(59)71-67-19-7-5-17-61(67)63-39-33-51(45-69(63)71)27-25-49-31-37-55-41-47(29-35-57(55)43-49)23-24-48-30-36-58-44-50(32-38-56(58)42-48)26-28-52-34-40-64-62-18-6-8-20-68(62)72(70(64)46-52)66-22-10-14-54-12-2-4-16-60(54)66/h1-46H. The molecule has 0 saturated heterocycles. The van der Waals surface area contributed by atoms with Crippen molar-refractivity contribution in [1.82, 2.24) is 9.13 Å².